The van der Waals surface area contributed by atoms with E-state index in [4.69, 9.17) is 4.98 Å². The lowest BCUT2D eigenvalue weighted by Gasteiger charge is -2.43. The van der Waals surface area contributed by atoms with E-state index in [9.17, 15) is 19.1 Å². The van der Waals surface area contributed by atoms with Crippen LogP contribution in [-0.4, -0.2) is 83.9 Å². The zero-order valence-electron chi connectivity index (χ0n) is 21.2. The minimum absolute atomic E-state index is 0.231. The lowest BCUT2D eigenvalue weighted by molar-refractivity contribution is 0.0234. The molecule has 198 valence electrons. The Labute approximate surface area is 218 Å². The van der Waals surface area contributed by atoms with Crippen LogP contribution in [0.2, 0.25) is 0 Å². The normalized spacial score (nSPS) is 17.7. The monoisotopic (exact) mass is 529 g/mol. The summed E-state index contributed by atoms with van der Waals surface area (Å²) in [7, 11) is 0. The molecule has 1 aliphatic carbocycles. The fraction of sp³-hybridized carbons (Fsp3) is 0.560. The number of fused-ring (bicyclic) bond motifs is 1. The second-order valence-corrected chi connectivity index (χ2v) is 11.5. The number of aromatic nitrogens is 4. The van der Waals surface area contributed by atoms with Crippen molar-refractivity contribution in [2.75, 3.05) is 25.1 Å². The number of amides is 2. The maximum absolute atomic E-state index is 13.6. The molecule has 2 amide bonds. The first kappa shape index (κ1) is 25.4. The zero-order chi connectivity index (χ0) is 26.3. The first-order valence-electron chi connectivity index (χ1n) is 12.6. The molecule has 2 N–H and O–H groups in total. The van der Waals surface area contributed by atoms with Crippen molar-refractivity contribution in [1.82, 2.24) is 29.4 Å². The maximum Gasteiger partial charge on any atom is 0.408 e. The topological polar surface area (TPSA) is 116 Å². The maximum atomic E-state index is 13.6. The van der Waals surface area contributed by atoms with Gasteiger partial charge in [0.05, 0.1) is 17.3 Å². The minimum atomic E-state index is -1.14. The van der Waals surface area contributed by atoms with Gasteiger partial charge in [-0.3, -0.25) is 9.69 Å². The van der Waals surface area contributed by atoms with Gasteiger partial charge in [0.15, 0.2) is 5.82 Å². The molecule has 0 spiro atoms. The molecule has 0 aromatic carbocycles. The van der Waals surface area contributed by atoms with Gasteiger partial charge >= 0.3 is 6.09 Å². The predicted molar refractivity (Wildman–Crippen MR) is 139 cm³/mol. The second kappa shape index (κ2) is 9.88. The predicted octanol–water partition coefficient (Wildman–Crippen LogP) is 4.40. The summed E-state index contributed by atoms with van der Waals surface area (Å²) >= 11 is 1.53. The van der Waals surface area contributed by atoms with Crippen LogP contribution in [0.25, 0.3) is 16.2 Å². The average Bonchev–Trinajstić information content (AvgIpc) is 3.49. The number of hydrogen-bond donors (Lipinski definition) is 2. The van der Waals surface area contributed by atoms with Crippen LogP contribution in [0, 0.1) is 5.92 Å². The first-order chi connectivity index (χ1) is 17.7. The van der Waals surface area contributed by atoms with Crippen molar-refractivity contribution in [3.05, 3.63) is 29.5 Å². The molecule has 0 bridgehead atoms. The fourth-order valence-corrected chi connectivity index (χ4v) is 5.83. The van der Waals surface area contributed by atoms with Crippen LogP contribution in [0.3, 0.4) is 0 Å². The number of hydrogen-bond acceptors (Lipinski definition) is 7. The second-order valence-electron chi connectivity index (χ2n) is 10.6. The quantitative estimate of drug-likeness (QED) is 0.444. The summed E-state index contributed by atoms with van der Waals surface area (Å²) in [5, 5.41) is 19.5. The van der Waals surface area contributed by atoms with E-state index in [1.807, 2.05) is 11.6 Å². The number of rotatable bonds is 8. The van der Waals surface area contributed by atoms with E-state index < -0.39 is 18.3 Å². The molecule has 0 unspecified atom stereocenters. The highest BCUT2D eigenvalue weighted by molar-refractivity contribution is 7.16. The number of alkyl halides is 1. The molecule has 5 rings (SSSR count). The van der Waals surface area contributed by atoms with E-state index in [2.05, 4.69) is 22.3 Å². The van der Waals surface area contributed by atoms with Crippen molar-refractivity contribution in [1.29, 1.82) is 0 Å². The molecule has 37 heavy (non-hydrogen) atoms. The summed E-state index contributed by atoms with van der Waals surface area (Å²) in [5.41, 5.74) is -0.0815. The summed E-state index contributed by atoms with van der Waals surface area (Å²) in [6.07, 6.45) is 5.65. The van der Waals surface area contributed by atoms with Crippen molar-refractivity contribution in [2.24, 2.45) is 5.92 Å². The van der Waals surface area contributed by atoms with Gasteiger partial charge in [0.1, 0.15) is 23.0 Å². The Hall–Kier alpha value is -3.28. The Morgan fingerprint density at radius 1 is 1.27 bits per heavy atom. The lowest BCUT2D eigenvalue weighted by Crippen LogP contribution is -2.57. The van der Waals surface area contributed by atoms with Gasteiger partial charge in [-0.15, -0.1) is 11.3 Å². The summed E-state index contributed by atoms with van der Waals surface area (Å²) in [6, 6.07) is 1.57. The highest BCUT2D eigenvalue weighted by Gasteiger charge is 2.39. The number of anilines is 1. The van der Waals surface area contributed by atoms with Gasteiger partial charge in [0.2, 0.25) is 0 Å². The van der Waals surface area contributed by atoms with Gasteiger partial charge in [0.25, 0.3) is 5.91 Å². The molecule has 4 heterocycles. The largest absolute Gasteiger partial charge is 0.465 e. The SMILES string of the molecule is C[C@H](Nc1cc(C(=O)N2CCC(N(C(=O)O)C(C)(C)CF)CC2)nc(-c2cnn3ccsc23)n1)C1CC1. The number of carbonyl (C=O) groups excluding carboxylic acids is 1. The molecule has 2 fully saturated rings. The summed E-state index contributed by atoms with van der Waals surface area (Å²) < 4.78 is 15.3. The van der Waals surface area contributed by atoms with Crippen LogP contribution >= 0.6 is 11.3 Å². The van der Waals surface area contributed by atoms with Crippen molar-refractivity contribution < 1.29 is 19.1 Å². The van der Waals surface area contributed by atoms with Crippen LogP contribution in [0.15, 0.2) is 23.8 Å². The van der Waals surface area contributed by atoms with Crippen LogP contribution in [0.1, 0.15) is 56.9 Å². The third-order valence-electron chi connectivity index (χ3n) is 7.32. The Morgan fingerprint density at radius 2 is 2.00 bits per heavy atom. The van der Waals surface area contributed by atoms with E-state index in [0.29, 0.717) is 43.5 Å². The molecule has 1 saturated heterocycles. The molecule has 1 saturated carbocycles. The van der Waals surface area contributed by atoms with E-state index in [1.165, 1.54) is 29.1 Å². The van der Waals surface area contributed by atoms with Crippen LogP contribution in [0.5, 0.6) is 0 Å². The Balaban J connectivity index is 1.39. The average molecular weight is 530 g/mol. The number of nitrogens with zero attached hydrogens (tertiary/aromatic N) is 6. The number of halogens is 1. The number of piperidine rings is 1. The molecular formula is C25H32FN7O3S. The molecule has 1 atom stereocenters. The molecule has 12 heteroatoms. The zero-order valence-corrected chi connectivity index (χ0v) is 22.0. The van der Waals surface area contributed by atoms with Gasteiger partial charge in [-0.05, 0) is 52.4 Å². The molecule has 3 aromatic heterocycles. The summed E-state index contributed by atoms with van der Waals surface area (Å²) in [5.74, 6) is 1.40. The number of carbonyl (C=O) groups is 2. The van der Waals surface area contributed by atoms with Crippen molar-refractivity contribution in [3.8, 4) is 11.4 Å². The summed E-state index contributed by atoms with van der Waals surface area (Å²) in [6.45, 7) is 5.23. The molecule has 2 aliphatic rings. The highest BCUT2D eigenvalue weighted by Crippen LogP contribution is 2.34. The molecule has 0 radical (unpaired) electrons. The summed E-state index contributed by atoms with van der Waals surface area (Å²) in [4.78, 5) is 38.6. The van der Waals surface area contributed by atoms with E-state index in [1.54, 1.807) is 35.5 Å². The van der Waals surface area contributed by atoms with Crippen LogP contribution in [-0.2, 0) is 0 Å². The third kappa shape index (κ3) is 5.11. The fourth-order valence-electron chi connectivity index (χ4n) is 5.04. The number of likely N-dealkylation sites (tertiary alicyclic amines) is 1. The molecule has 3 aromatic rings. The molecular weight excluding hydrogens is 497 g/mol. The van der Waals surface area contributed by atoms with Crippen molar-refractivity contribution >= 4 is 34.0 Å². The Bertz CT molecular complexity index is 1300. The van der Waals surface area contributed by atoms with Gasteiger partial charge in [-0.1, -0.05) is 0 Å². The van der Waals surface area contributed by atoms with Crippen LogP contribution < -0.4 is 5.32 Å². The van der Waals surface area contributed by atoms with Gasteiger partial charge in [-0.2, -0.15) is 5.10 Å². The Morgan fingerprint density at radius 3 is 2.65 bits per heavy atom. The van der Waals surface area contributed by atoms with Crippen molar-refractivity contribution in [2.45, 2.75) is 64.1 Å². The van der Waals surface area contributed by atoms with Gasteiger partial charge in [0, 0.05) is 42.8 Å². The number of nitrogens with one attached hydrogen (secondary N) is 1. The standard InChI is InChI=1S/C25H32FN7O3S/c1-15(16-4-5-16)28-20-12-19(29-21(30-20)18-13-27-32-10-11-37-23(18)32)22(34)31-8-6-17(7-9-31)33(24(35)36)25(2,3)14-26/h10-13,15-17H,4-9,14H2,1-3H3,(H,35,36)(H,28,29,30)/t15-/m0/s1. The minimum Gasteiger partial charge on any atom is -0.465 e. The smallest absolute Gasteiger partial charge is 0.408 e. The van der Waals surface area contributed by atoms with Crippen molar-refractivity contribution in [3.63, 3.8) is 0 Å². The number of thiazole rings is 1. The van der Waals surface area contributed by atoms with Gasteiger partial charge in [-0.25, -0.2) is 23.7 Å². The lowest BCUT2D eigenvalue weighted by atomic mass is 9.96. The van der Waals surface area contributed by atoms with E-state index >= 15 is 0 Å². The van der Waals surface area contributed by atoms with E-state index in [0.717, 1.165) is 10.4 Å². The molecule has 10 nitrogen and oxygen atoms in total. The Kier molecular flexibility index (Phi) is 6.78. The highest BCUT2D eigenvalue weighted by atomic mass is 32.1. The van der Waals surface area contributed by atoms with Gasteiger partial charge < -0.3 is 15.3 Å². The van der Waals surface area contributed by atoms with E-state index in [-0.39, 0.29) is 23.7 Å². The molecule has 1 aliphatic heterocycles. The third-order valence-corrected chi connectivity index (χ3v) is 8.21. The first-order valence-corrected chi connectivity index (χ1v) is 13.5. The number of carboxylic acid groups (broad SMARTS) is 1. The van der Waals surface area contributed by atoms with Crippen LogP contribution in [0.4, 0.5) is 15.0 Å².